The van der Waals surface area contributed by atoms with Crippen molar-refractivity contribution in [2.45, 2.75) is 31.7 Å². The summed E-state index contributed by atoms with van der Waals surface area (Å²) in [4.78, 5) is 0. The molecule has 1 saturated carbocycles. The SMILES string of the molecule is COc1ccc(NC2CCCCC2C#N)cc1F. The number of benzene rings is 1. The minimum atomic E-state index is -0.383. The van der Waals surface area contributed by atoms with Gasteiger partial charge in [0.2, 0.25) is 0 Å². The Morgan fingerprint density at radius 2 is 2.17 bits per heavy atom. The molecule has 1 N–H and O–H groups in total. The number of anilines is 1. The number of ether oxygens (including phenoxy) is 1. The van der Waals surface area contributed by atoms with Crippen molar-refractivity contribution in [3.8, 4) is 11.8 Å². The van der Waals surface area contributed by atoms with Crippen LogP contribution in [0.1, 0.15) is 25.7 Å². The number of nitrogens with zero attached hydrogens (tertiary/aromatic N) is 1. The molecule has 1 aromatic rings. The lowest BCUT2D eigenvalue weighted by molar-refractivity contribution is 0.383. The fourth-order valence-electron chi connectivity index (χ4n) is 2.43. The van der Waals surface area contributed by atoms with Gasteiger partial charge in [-0.2, -0.15) is 5.26 Å². The maximum atomic E-state index is 13.6. The van der Waals surface area contributed by atoms with Gasteiger partial charge in [0.1, 0.15) is 0 Å². The smallest absolute Gasteiger partial charge is 0.167 e. The summed E-state index contributed by atoms with van der Waals surface area (Å²) >= 11 is 0. The van der Waals surface area contributed by atoms with Crippen LogP contribution in [0.5, 0.6) is 5.75 Å². The van der Waals surface area contributed by atoms with Crippen LogP contribution in [0.2, 0.25) is 0 Å². The average molecular weight is 248 g/mol. The molecular weight excluding hydrogens is 231 g/mol. The van der Waals surface area contributed by atoms with E-state index in [-0.39, 0.29) is 23.5 Å². The van der Waals surface area contributed by atoms with E-state index in [1.54, 1.807) is 12.1 Å². The molecule has 0 heterocycles. The van der Waals surface area contributed by atoms with Gasteiger partial charge in [-0.1, -0.05) is 12.8 Å². The summed E-state index contributed by atoms with van der Waals surface area (Å²) in [6, 6.07) is 7.25. The van der Waals surface area contributed by atoms with Crippen LogP contribution in [0.15, 0.2) is 18.2 Å². The number of hydrogen-bond donors (Lipinski definition) is 1. The molecule has 3 nitrogen and oxygen atoms in total. The number of hydrogen-bond acceptors (Lipinski definition) is 3. The van der Waals surface area contributed by atoms with E-state index >= 15 is 0 Å². The lowest BCUT2D eigenvalue weighted by Gasteiger charge is -2.28. The number of nitrogens with one attached hydrogen (secondary N) is 1. The lowest BCUT2D eigenvalue weighted by Crippen LogP contribution is -2.31. The van der Waals surface area contributed by atoms with Gasteiger partial charge in [0.15, 0.2) is 11.6 Å². The lowest BCUT2D eigenvalue weighted by atomic mass is 9.85. The molecule has 96 valence electrons. The van der Waals surface area contributed by atoms with E-state index in [9.17, 15) is 4.39 Å². The molecule has 4 heteroatoms. The van der Waals surface area contributed by atoms with Crippen LogP contribution < -0.4 is 10.1 Å². The predicted octanol–water partition coefficient (Wildman–Crippen LogP) is 3.33. The van der Waals surface area contributed by atoms with Gasteiger partial charge < -0.3 is 10.1 Å². The highest BCUT2D eigenvalue weighted by atomic mass is 19.1. The van der Waals surface area contributed by atoms with Crippen molar-refractivity contribution in [3.05, 3.63) is 24.0 Å². The molecule has 0 amide bonds. The van der Waals surface area contributed by atoms with Crippen LogP contribution in [-0.2, 0) is 0 Å². The van der Waals surface area contributed by atoms with E-state index in [0.29, 0.717) is 5.69 Å². The molecule has 2 unspecified atom stereocenters. The first-order valence-corrected chi connectivity index (χ1v) is 6.24. The van der Waals surface area contributed by atoms with Crippen LogP contribution >= 0.6 is 0 Å². The van der Waals surface area contributed by atoms with E-state index in [2.05, 4.69) is 11.4 Å². The fraction of sp³-hybridized carbons (Fsp3) is 0.500. The maximum Gasteiger partial charge on any atom is 0.167 e. The first-order chi connectivity index (χ1) is 8.74. The van der Waals surface area contributed by atoms with Gasteiger partial charge >= 0.3 is 0 Å². The molecule has 0 bridgehead atoms. The van der Waals surface area contributed by atoms with E-state index in [4.69, 9.17) is 10.00 Å². The van der Waals surface area contributed by atoms with Gasteiger partial charge in [0, 0.05) is 17.8 Å². The summed E-state index contributed by atoms with van der Waals surface area (Å²) in [6.07, 6.45) is 4.11. The van der Waals surface area contributed by atoms with Crippen LogP contribution in [0.25, 0.3) is 0 Å². The average Bonchev–Trinajstić information content (AvgIpc) is 2.39. The van der Waals surface area contributed by atoms with Gasteiger partial charge in [0.25, 0.3) is 0 Å². The third-order valence-electron chi connectivity index (χ3n) is 3.44. The van der Waals surface area contributed by atoms with Crippen molar-refractivity contribution >= 4 is 5.69 Å². The van der Waals surface area contributed by atoms with Gasteiger partial charge in [-0.3, -0.25) is 0 Å². The third-order valence-corrected chi connectivity index (χ3v) is 3.44. The molecule has 0 aliphatic heterocycles. The number of rotatable bonds is 3. The summed E-state index contributed by atoms with van der Waals surface area (Å²) in [6.45, 7) is 0. The molecule has 1 aromatic carbocycles. The van der Waals surface area contributed by atoms with Crippen molar-refractivity contribution in [2.75, 3.05) is 12.4 Å². The van der Waals surface area contributed by atoms with Crippen molar-refractivity contribution in [2.24, 2.45) is 5.92 Å². The molecule has 18 heavy (non-hydrogen) atoms. The summed E-state index contributed by atoms with van der Waals surface area (Å²) in [5.74, 6) is -0.128. The number of methoxy groups -OCH3 is 1. The zero-order chi connectivity index (χ0) is 13.0. The van der Waals surface area contributed by atoms with Crippen molar-refractivity contribution < 1.29 is 9.13 Å². The number of nitriles is 1. The summed E-state index contributed by atoms with van der Waals surface area (Å²) in [5.41, 5.74) is 0.709. The molecule has 2 atom stereocenters. The second-order valence-electron chi connectivity index (χ2n) is 4.62. The quantitative estimate of drug-likeness (QED) is 0.892. The first kappa shape index (κ1) is 12.7. The normalized spacial score (nSPS) is 23.2. The largest absolute Gasteiger partial charge is 0.494 e. The Kier molecular flexibility index (Phi) is 4.03. The summed E-state index contributed by atoms with van der Waals surface area (Å²) in [5, 5.41) is 12.3. The molecule has 1 fully saturated rings. The Hall–Kier alpha value is -1.76. The predicted molar refractivity (Wildman–Crippen MR) is 67.9 cm³/mol. The molecule has 0 radical (unpaired) electrons. The summed E-state index contributed by atoms with van der Waals surface area (Å²) < 4.78 is 18.4. The Labute approximate surface area is 107 Å². The van der Waals surface area contributed by atoms with E-state index in [1.807, 2.05) is 0 Å². The number of halogens is 1. The van der Waals surface area contributed by atoms with Crippen LogP contribution in [-0.4, -0.2) is 13.2 Å². The van der Waals surface area contributed by atoms with Gasteiger partial charge in [-0.15, -0.1) is 0 Å². The highest BCUT2D eigenvalue weighted by Crippen LogP contribution is 2.28. The Bertz CT molecular complexity index is 456. The highest BCUT2D eigenvalue weighted by molar-refractivity contribution is 5.48. The molecule has 1 aliphatic carbocycles. The van der Waals surface area contributed by atoms with Crippen LogP contribution in [0.4, 0.5) is 10.1 Å². The third kappa shape index (κ3) is 2.73. The van der Waals surface area contributed by atoms with Crippen molar-refractivity contribution in [3.63, 3.8) is 0 Å². The monoisotopic (exact) mass is 248 g/mol. The van der Waals surface area contributed by atoms with E-state index in [0.717, 1.165) is 25.7 Å². The van der Waals surface area contributed by atoms with Gasteiger partial charge in [-0.25, -0.2) is 4.39 Å². The van der Waals surface area contributed by atoms with Crippen molar-refractivity contribution in [1.29, 1.82) is 5.26 Å². The van der Waals surface area contributed by atoms with E-state index in [1.165, 1.54) is 13.2 Å². The maximum absolute atomic E-state index is 13.6. The van der Waals surface area contributed by atoms with Crippen molar-refractivity contribution in [1.82, 2.24) is 0 Å². The second-order valence-corrected chi connectivity index (χ2v) is 4.62. The summed E-state index contributed by atoms with van der Waals surface area (Å²) in [7, 11) is 1.44. The Morgan fingerprint density at radius 1 is 1.39 bits per heavy atom. The molecule has 0 spiro atoms. The minimum Gasteiger partial charge on any atom is -0.494 e. The zero-order valence-corrected chi connectivity index (χ0v) is 10.4. The minimum absolute atomic E-state index is 0.0175. The molecule has 1 aliphatic rings. The Morgan fingerprint density at radius 3 is 2.83 bits per heavy atom. The standard InChI is InChI=1S/C14H17FN2O/c1-18-14-7-6-11(8-12(14)15)17-13-5-3-2-4-10(13)9-16/h6-8,10,13,17H,2-5H2,1H3. The molecule has 0 aromatic heterocycles. The molecular formula is C14H17FN2O. The first-order valence-electron chi connectivity index (χ1n) is 6.24. The second kappa shape index (κ2) is 5.72. The molecule has 2 rings (SSSR count). The Balaban J connectivity index is 2.08. The zero-order valence-electron chi connectivity index (χ0n) is 10.4. The topological polar surface area (TPSA) is 45.0 Å². The fourth-order valence-corrected chi connectivity index (χ4v) is 2.43. The van der Waals surface area contributed by atoms with E-state index < -0.39 is 0 Å². The highest BCUT2D eigenvalue weighted by Gasteiger charge is 2.24. The van der Waals surface area contributed by atoms with Crippen LogP contribution in [0, 0.1) is 23.1 Å². The van der Waals surface area contributed by atoms with Crippen LogP contribution in [0.3, 0.4) is 0 Å². The van der Waals surface area contributed by atoms with Gasteiger partial charge in [0.05, 0.1) is 19.1 Å². The van der Waals surface area contributed by atoms with Gasteiger partial charge in [-0.05, 0) is 25.0 Å². The molecule has 0 saturated heterocycles.